The third-order valence-corrected chi connectivity index (χ3v) is 5.48. The van der Waals surface area contributed by atoms with Gasteiger partial charge in [-0.2, -0.15) is 0 Å². The third kappa shape index (κ3) is 1.95. The average molecular weight is 275 g/mol. The van der Waals surface area contributed by atoms with E-state index in [9.17, 15) is 0 Å². The number of ether oxygens (including phenoxy) is 2. The molecule has 0 aliphatic heterocycles. The highest BCUT2D eigenvalue weighted by atomic mass is 16.5. The monoisotopic (exact) mass is 275 g/mol. The first kappa shape index (κ1) is 13.9. The zero-order valence-electron chi connectivity index (χ0n) is 12.7. The van der Waals surface area contributed by atoms with E-state index in [4.69, 9.17) is 15.2 Å². The Morgan fingerprint density at radius 3 is 2.85 bits per heavy atom. The van der Waals surface area contributed by atoms with Gasteiger partial charge in [0.1, 0.15) is 5.75 Å². The van der Waals surface area contributed by atoms with E-state index in [2.05, 4.69) is 25.1 Å². The lowest BCUT2D eigenvalue weighted by molar-refractivity contribution is -0.00280. The van der Waals surface area contributed by atoms with E-state index in [0.29, 0.717) is 0 Å². The molecular weight excluding hydrogens is 250 g/mol. The molecule has 2 aliphatic carbocycles. The van der Waals surface area contributed by atoms with Gasteiger partial charge in [-0.15, -0.1) is 0 Å². The van der Waals surface area contributed by atoms with E-state index >= 15 is 0 Å². The van der Waals surface area contributed by atoms with E-state index in [0.717, 1.165) is 38.0 Å². The molecule has 3 atom stereocenters. The number of nitrogens with two attached hydrogens (primary N) is 1. The van der Waals surface area contributed by atoms with Crippen molar-refractivity contribution in [1.29, 1.82) is 0 Å². The van der Waals surface area contributed by atoms with Gasteiger partial charge in [0.25, 0.3) is 0 Å². The lowest BCUT2D eigenvalue weighted by atomic mass is 9.52. The Morgan fingerprint density at radius 1 is 1.35 bits per heavy atom. The molecule has 0 spiro atoms. The number of methoxy groups -OCH3 is 2. The maximum atomic E-state index is 6.47. The Bertz CT molecular complexity index is 516. The number of benzene rings is 1. The normalized spacial score (nSPS) is 35.5. The molecule has 0 saturated heterocycles. The second kappa shape index (κ2) is 4.74. The summed E-state index contributed by atoms with van der Waals surface area (Å²) >= 11 is 0. The van der Waals surface area contributed by atoms with Gasteiger partial charge in [0.2, 0.25) is 0 Å². The van der Waals surface area contributed by atoms with E-state index in [-0.39, 0.29) is 16.9 Å². The summed E-state index contributed by atoms with van der Waals surface area (Å²) in [7, 11) is 3.52. The molecule has 2 aliphatic rings. The summed E-state index contributed by atoms with van der Waals surface area (Å²) in [6.07, 6.45) is 4.38. The minimum Gasteiger partial charge on any atom is -0.497 e. The van der Waals surface area contributed by atoms with E-state index in [1.165, 1.54) is 11.1 Å². The van der Waals surface area contributed by atoms with Gasteiger partial charge in [0, 0.05) is 18.6 Å². The Labute approximate surface area is 121 Å². The molecule has 110 valence electrons. The van der Waals surface area contributed by atoms with Gasteiger partial charge in [0.05, 0.1) is 13.7 Å². The molecule has 3 heteroatoms. The Balaban J connectivity index is 2.09. The molecule has 2 bridgehead atoms. The van der Waals surface area contributed by atoms with Crippen LogP contribution in [0.3, 0.4) is 0 Å². The van der Waals surface area contributed by atoms with Crippen molar-refractivity contribution in [1.82, 2.24) is 0 Å². The molecule has 3 rings (SSSR count). The molecule has 1 saturated carbocycles. The zero-order chi connectivity index (χ0) is 14.4. The molecule has 1 aromatic rings. The standard InChI is InChI=1S/C17H25NO2/c1-16-7-6-15(18)17(10-16,11-19-2)9-12-4-5-13(20-3)8-14(12)16/h4-5,8,15H,6-7,9-11,18H2,1-3H3/t15-,16+,17+/m0/s1. The van der Waals surface area contributed by atoms with E-state index in [1.54, 1.807) is 14.2 Å². The van der Waals surface area contributed by atoms with Crippen LogP contribution in [0.15, 0.2) is 18.2 Å². The van der Waals surface area contributed by atoms with Gasteiger partial charge in [-0.3, -0.25) is 0 Å². The summed E-state index contributed by atoms with van der Waals surface area (Å²) in [6.45, 7) is 3.13. The summed E-state index contributed by atoms with van der Waals surface area (Å²) in [5, 5.41) is 0. The topological polar surface area (TPSA) is 44.5 Å². The van der Waals surface area contributed by atoms with Gasteiger partial charge < -0.3 is 15.2 Å². The highest BCUT2D eigenvalue weighted by molar-refractivity contribution is 5.44. The van der Waals surface area contributed by atoms with Crippen LogP contribution in [-0.2, 0) is 16.6 Å². The number of hydrogen-bond donors (Lipinski definition) is 1. The minimum atomic E-state index is 0.101. The van der Waals surface area contributed by atoms with Crippen LogP contribution < -0.4 is 10.5 Å². The summed E-state index contributed by atoms with van der Waals surface area (Å²) in [6, 6.07) is 6.75. The van der Waals surface area contributed by atoms with Crippen molar-refractivity contribution in [3.05, 3.63) is 29.3 Å². The van der Waals surface area contributed by atoms with Gasteiger partial charge in [0.15, 0.2) is 0 Å². The summed E-state index contributed by atoms with van der Waals surface area (Å²) in [5.41, 5.74) is 9.66. The Hall–Kier alpha value is -1.06. The number of fused-ring (bicyclic) bond motifs is 4. The van der Waals surface area contributed by atoms with Crippen LogP contribution in [0.2, 0.25) is 0 Å². The Morgan fingerprint density at radius 2 is 2.15 bits per heavy atom. The zero-order valence-corrected chi connectivity index (χ0v) is 12.7. The largest absolute Gasteiger partial charge is 0.497 e. The summed E-state index contributed by atoms with van der Waals surface area (Å²) < 4.78 is 10.9. The molecule has 2 N–H and O–H groups in total. The van der Waals surface area contributed by atoms with Crippen molar-refractivity contribution in [3.63, 3.8) is 0 Å². The van der Waals surface area contributed by atoms with Gasteiger partial charge in [-0.05, 0) is 54.4 Å². The number of rotatable bonds is 3. The maximum Gasteiger partial charge on any atom is 0.119 e. The molecule has 0 radical (unpaired) electrons. The van der Waals surface area contributed by atoms with Crippen LogP contribution >= 0.6 is 0 Å². The number of hydrogen-bond acceptors (Lipinski definition) is 3. The Kier molecular flexibility index (Phi) is 3.30. The fourth-order valence-electron chi connectivity index (χ4n) is 4.47. The molecule has 0 amide bonds. The third-order valence-electron chi connectivity index (χ3n) is 5.48. The van der Waals surface area contributed by atoms with Crippen LogP contribution in [0.25, 0.3) is 0 Å². The van der Waals surface area contributed by atoms with Crippen LogP contribution in [-0.4, -0.2) is 26.9 Å². The van der Waals surface area contributed by atoms with Gasteiger partial charge in [-0.1, -0.05) is 13.0 Å². The summed E-state index contributed by atoms with van der Waals surface area (Å²) in [5.74, 6) is 0.957. The maximum absolute atomic E-state index is 6.47. The van der Waals surface area contributed by atoms with Crippen molar-refractivity contribution >= 4 is 0 Å². The van der Waals surface area contributed by atoms with E-state index < -0.39 is 0 Å². The van der Waals surface area contributed by atoms with Crippen molar-refractivity contribution in [2.24, 2.45) is 11.1 Å². The first-order valence-electron chi connectivity index (χ1n) is 7.45. The van der Waals surface area contributed by atoms with Gasteiger partial charge in [-0.25, -0.2) is 0 Å². The minimum absolute atomic E-state index is 0.101. The molecule has 0 aromatic heterocycles. The molecule has 3 nitrogen and oxygen atoms in total. The first-order chi connectivity index (χ1) is 9.53. The molecule has 0 heterocycles. The summed E-state index contributed by atoms with van der Waals surface area (Å²) in [4.78, 5) is 0. The lowest BCUT2D eigenvalue weighted by Crippen LogP contribution is -2.56. The van der Waals surface area contributed by atoms with Crippen molar-refractivity contribution < 1.29 is 9.47 Å². The molecule has 1 fully saturated rings. The highest BCUT2D eigenvalue weighted by Gasteiger charge is 2.51. The molecule has 20 heavy (non-hydrogen) atoms. The molecule has 1 aromatic carbocycles. The van der Waals surface area contributed by atoms with Crippen LogP contribution in [0.1, 0.15) is 37.3 Å². The van der Waals surface area contributed by atoms with Crippen LogP contribution in [0.4, 0.5) is 0 Å². The molecular formula is C17H25NO2. The van der Waals surface area contributed by atoms with Crippen molar-refractivity contribution in [3.8, 4) is 5.75 Å². The SMILES string of the molecule is COC[C@]12Cc3ccc(OC)cc3[C@](C)(CC[C@@H]1N)C2. The fraction of sp³-hybridized carbons (Fsp3) is 0.647. The predicted molar refractivity (Wildman–Crippen MR) is 80.2 cm³/mol. The van der Waals surface area contributed by atoms with E-state index in [1.807, 2.05) is 0 Å². The first-order valence-corrected chi connectivity index (χ1v) is 7.45. The molecule has 0 unspecified atom stereocenters. The van der Waals surface area contributed by atoms with Crippen molar-refractivity contribution in [2.75, 3.05) is 20.8 Å². The average Bonchev–Trinajstić information content (AvgIpc) is 2.44. The van der Waals surface area contributed by atoms with Crippen LogP contribution in [0, 0.1) is 5.41 Å². The van der Waals surface area contributed by atoms with Gasteiger partial charge >= 0.3 is 0 Å². The lowest BCUT2D eigenvalue weighted by Gasteiger charge is -2.54. The van der Waals surface area contributed by atoms with Crippen LogP contribution in [0.5, 0.6) is 5.75 Å². The predicted octanol–water partition coefficient (Wildman–Crippen LogP) is 2.65. The second-order valence-electron chi connectivity index (χ2n) is 6.88. The quantitative estimate of drug-likeness (QED) is 0.922. The fourth-order valence-corrected chi connectivity index (χ4v) is 4.47. The highest BCUT2D eigenvalue weighted by Crippen LogP contribution is 2.54. The van der Waals surface area contributed by atoms with Crippen molar-refractivity contribution in [2.45, 2.75) is 44.1 Å². The smallest absolute Gasteiger partial charge is 0.119 e. The second-order valence-corrected chi connectivity index (χ2v) is 6.88.